The first kappa shape index (κ1) is 14.5. The molecule has 1 rings (SSSR count). The third kappa shape index (κ3) is 5.52. The van der Waals surface area contributed by atoms with Gasteiger partial charge in [0.15, 0.2) is 0 Å². The molecule has 0 aliphatic carbocycles. The molecule has 0 N–H and O–H groups in total. The predicted octanol–water partition coefficient (Wildman–Crippen LogP) is 3.40. The standard InChI is InChI=1S/C13H19BrO3/c1-10(2)17-7-6-16-9-11-8-12(15-3)4-5-13(11)14/h4-5,8,10H,6-7,9H2,1-3H3. The van der Waals surface area contributed by atoms with Crippen molar-refractivity contribution in [3.63, 3.8) is 0 Å². The van der Waals surface area contributed by atoms with E-state index >= 15 is 0 Å². The first-order valence-electron chi connectivity index (χ1n) is 5.65. The van der Waals surface area contributed by atoms with E-state index in [2.05, 4.69) is 15.9 Å². The van der Waals surface area contributed by atoms with Crippen LogP contribution in [0.5, 0.6) is 5.75 Å². The molecule has 0 amide bonds. The van der Waals surface area contributed by atoms with Crippen molar-refractivity contribution in [1.82, 2.24) is 0 Å². The van der Waals surface area contributed by atoms with E-state index in [4.69, 9.17) is 14.2 Å². The molecule has 4 heteroatoms. The van der Waals surface area contributed by atoms with Gasteiger partial charge in [-0.1, -0.05) is 15.9 Å². The van der Waals surface area contributed by atoms with Gasteiger partial charge in [-0.3, -0.25) is 0 Å². The summed E-state index contributed by atoms with van der Waals surface area (Å²) < 4.78 is 17.1. The van der Waals surface area contributed by atoms with Crippen molar-refractivity contribution in [1.29, 1.82) is 0 Å². The Morgan fingerprint density at radius 1 is 1.24 bits per heavy atom. The summed E-state index contributed by atoms with van der Waals surface area (Å²) in [6.45, 7) is 5.80. The Bertz CT molecular complexity index is 339. The molecule has 0 spiro atoms. The Balaban J connectivity index is 2.35. The van der Waals surface area contributed by atoms with Crippen molar-refractivity contribution in [2.75, 3.05) is 20.3 Å². The highest BCUT2D eigenvalue weighted by molar-refractivity contribution is 9.10. The second-order valence-corrected chi connectivity index (χ2v) is 4.78. The van der Waals surface area contributed by atoms with Crippen molar-refractivity contribution in [2.24, 2.45) is 0 Å². The topological polar surface area (TPSA) is 27.7 Å². The zero-order valence-electron chi connectivity index (χ0n) is 10.5. The molecule has 0 aromatic heterocycles. The number of hydrogen-bond acceptors (Lipinski definition) is 3. The van der Waals surface area contributed by atoms with E-state index in [0.717, 1.165) is 15.8 Å². The van der Waals surface area contributed by atoms with Crippen molar-refractivity contribution in [2.45, 2.75) is 26.6 Å². The fourth-order valence-electron chi connectivity index (χ4n) is 1.31. The van der Waals surface area contributed by atoms with Gasteiger partial charge in [0.1, 0.15) is 5.75 Å². The van der Waals surface area contributed by atoms with Crippen molar-refractivity contribution >= 4 is 15.9 Å². The first-order chi connectivity index (χ1) is 8.13. The highest BCUT2D eigenvalue weighted by Crippen LogP contribution is 2.22. The van der Waals surface area contributed by atoms with E-state index in [9.17, 15) is 0 Å². The summed E-state index contributed by atoms with van der Waals surface area (Å²) in [4.78, 5) is 0. The summed E-state index contributed by atoms with van der Waals surface area (Å²) in [6, 6.07) is 5.84. The Morgan fingerprint density at radius 3 is 2.65 bits per heavy atom. The quantitative estimate of drug-likeness (QED) is 0.723. The number of benzene rings is 1. The van der Waals surface area contributed by atoms with Crippen molar-refractivity contribution in [3.05, 3.63) is 28.2 Å². The monoisotopic (exact) mass is 302 g/mol. The Labute approximate surface area is 111 Å². The highest BCUT2D eigenvalue weighted by Gasteiger charge is 2.02. The van der Waals surface area contributed by atoms with Crippen LogP contribution in [0, 0.1) is 0 Å². The predicted molar refractivity (Wildman–Crippen MR) is 71.4 cm³/mol. The Kier molecular flexibility index (Phi) is 6.55. The molecule has 0 aliphatic rings. The third-order valence-corrected chi connectivity index (χ3v) is 2.96. The van der Waals surface area contributed by atoms with E-state index in [1.807, 2.05) is 32.0 Å². The molecular formula is C13H19BrO3. The van der Waals surface area contributed by atoms with Crippen LogP contribution in [-0.4, -0.2) is 26.4 Å². The molecule has 0 unspecified atom stereocenters. The van der Waals surface area contributed by atoms with Gasteiger partial charge in [0.2, 0.25) is 0 Å². The van der Waals surface area contributed by atoms with Gasteiger partial charge in [-0.2, -0.15) is 0 Å². The normalized spacial score (nSPS) is 10.9. The summed E-state index contributed by atoms with van der Waals surface area (Å²) in [5, 5.41) is 0. The van der Waals surface area contributed by atoms with Crippen LogP contribution < -0.4 is 4.74 Å². The molecule has 0 aliphatic heterocycles. The van der Waals surface area contributed by atoms with Gasteiger partial charge in [-0.15, -0.1) is 0 Å². The maximum Gasteiger partial charge on any atom is 0.119 e. The van der Waals surface area contributed by atoms with Crippen LogP contribution in [0.4, 0.5) is 0 Å². The van der Waals surface area contributed by atoms with Gasteiger partial charge >= 0.3 is 0 Å². The van der Waals surface area contributed by atoms with Gasteiger partial charge in [0.25, 0.3) is 0 Å². The van der Waals surface area contributed by atoms with E-state index < -0.39 is 0 Å². The summed E-state index contributed by atoms with van der Waals surface area (Å²) in [5.74, 6) is 0.838. The number of hydrogen-bond donors (Lipinski definition) is 0. The molecule has 0 saturated heterocycles. The van der Waals surface area contributed by atoms with Crippen LogP contribution in [0.3, 0.4) is 0 Å². The lowest BCUT2D eigenvalue weighted by Gasteiger charge is -2.10. The van der Waals surface area contributed by atoms with E-state index in [1.165, 1.54) is 0 Å². The molecule has 17 heavy (non-hydrogen) atoms. The minimum Gasteiger partial charge on any atom is -0.497 e. The molecule has 0 radical (unpaired) electrons. The second kappa shape index (κ2) is 7.69. The average Bonchev–Trinajstić information content (AvgIpc) is 2.30. The number of methoxy groups -OCH3 is 1. The van der Waals surface area contributed by atoms with E-state index in [-0.39, 0.29) is 6.10 Å². The van der Waals surface area contributed by atoms with Crippen LogP contribution in [0.1, 0.15) is 19.4 Å². The van der Waals surface area contributed by atoms with Crippen LogP contribution in [-0.2, 0) is 16.1 Å². The fraction of sp³-hybridized carbons (Fsp3) is 0.538. The number of ether oxygens (including phenoxy) is 3. The van der Waals surface area contributed by atoms with Gasteiger partial charge in [-0.05, 0) is 37.6 Å². The summed E-state index contributed by atoms with van der Waals surface area (Å²) >= 11 is 3.49. The summed E-state index contributed by atoms with van der Waals surface area (Å²) in [5.41, 5.74) is 1.08. The van der Waals surface area contributed by atoms with Gasteiger partial charge in [0, 0.05) is 4.47 Å². The van der Waals surface area contributed by atoms with Crippen molar-refractivity contribution in [3.8, 4) is 5.75 Å². The van der Waals surface area contributed by atoms with Crippen LogP contribution >= 0.6 is 15.9 Å². The maximum absolute atomic E-state index is 5.54. The highest BCUT2D eigenvalue weighted by atomic mass is 79.9. The van der Waals surface area contributed by atoms with E-state index in [1.54, 1.807) is 7.11 Å². The molecule has 1 aromatic rings. The van der Waals surface area contributed by atoms with Crippen molar-refractivity contribution < 1.29 is 14.2 Å². The SMILES string of the molecule is COc1ccc(Br)c(COCCOC(C)C)c1. The Morgan fingerprint density at radius 2 is 2.00 bits per heavy atom. The van der Waals surface area contributed by atoms with Crippen LogP contribution in [0.2, 0.25) is 0 Å². The zero-order chi connectivity index (χ0) is 12.7. The Hall–Kier alpha value is -0.580. The molecule has 0 bridgehead atoms. The van der Waals surface area contributed by atoms with E-state index in [0.29, 0.717) is 19.8 Å². The molecule has 0 fully saturated rings. The molecule has 0 heterocycles. The first-order valence-corrected chi connectivity index (χ1v) is 6.44. The maximum atomic E-state index is 5.54. The minimum absolute atomic E-state index is 0.252. The molecule has 0 saturated carbocycles. The smallest absolute Gasteiger partial charge is 0.119 e. The minimum atomic E-state index is 0.252. The third-order valence-electron chi connectivity index (χ3n) is 2.19. The van der Waals surface area contributed by atoms with Crippen LogP contribution in [0.15, 0.2) is 22.7 Å². The van der Waals surface area contributed by atoms with Crippen LogP contribution in [0.25, 0.3) is 0 Å². The molecular weight excluding hydrogens is 284 g/mol. The molecule has 1 aromatic carbocycles. The van der Waals surface area contributed by atoms with Gasteiger partial charge < -0.3 is 14.2 Å². The lowest BCUT2D eigenvalue weighted by Crippen LogP contribution is -2.09. The number of rotatable bonds is 7. The van der Waals surface area contributed by atoms with Gasteiger partial charge in [0.05, 0.1) is 33.0 Å². The lowest BCUT2D eigenvalue weighted by atomic mass is 10.2. The lowest BCUT2D eigenvalue weighted by molar-refractivity contribution is 0.0141. The second-order valence-electron chi connectivity index (χ2n) is 3.93. The summed E-state index contributed by atoms with van der Waals surface area (Å²) in [7, 11) is 1.66. The molecule has 3 nitrogen and oxygen atoms in total. The van der Waals surface area contributed by atoms with Gasteiger partial charge in [-0.25, -0.2) is 0 Å². The number of halogens is 1. The summed E-state index contributed by atoms with van der Waals surface area (Å²) in [6.07, 6.45) is 0.252. The fourth-order valence-corrected chi connectivity index (χ4v) is 1.67. The zero-order valence-corrected chi connectivity index (χ0v) is 12.1. The largest absolute Gasteiger partial charge is 0.497 e. The molecule has 96 valence electrons. The average molecular weight is 303 g/mol. The molecule has 0 atom stereocenters.